The molecule has 3 aromatic heterocycles. The first-order chi connectivity index (χ1) is 27.3. The van der Waals surface area contributed by atoms with Gasteiger partial charge in [0.25, 0.3) is 0 Å². The summed E-state index contributed by atoms with van der Waals surface area (Å²) < 4.78 is 4.99. The average Bonchev–Trinajstić information content (AvgIpc) is 3.80. The van der Waals surface area contributed by atoms with E-state index in [2.05, 4.69) is 203 Å². The molecule has 3 heterocycles. The molecule has 0 amide bonds. The largest absolute Gasteiger partial charge is 0.310 e. The highest BCUT2D eigenvalue weighted by atomic mass is 32.1. The van der Waals surface area contributed by atoms with Crippen LogP contribution in [0, 0.1) is 0 Å². The van der Waals surface area contributed by atoms with E-state index >= 15 is 0 Å². The molecule has 0 aliphatic carbocycles. The molecule has 0 N–H and O–H groups in total. The van der Waals surface area contributed by atoms with Crippen LogP contribution < -0.4 is 4.90 Å². The lowest BCUT2D eigenvalue weighted by Gasteiger charge is -2.26. The molecule has 8 aromatic carbocycles. The Morgan fingerprint density at radius 1 is 0.418 bits per heavy atom. The first-order valence-electron chi connectivity index (χ1n) is 18.6. The minimum atomic E-state index is 1.10. The van der Waals surface area contributed by atoms with Gasteiger partial charge in [-0.2, -0.15) is 0 Å². The van der Waals surface area contributed by atoms with Crippen LogP contribution in [0.4, 0.5) is 17.1 Å². The number of aromatic nitrogens is 2. The average molecular weight is 720 g/mol. The van der Waals surface area contributed by atoms with Crippen LogP contribution in [0.1, 0.15) is 0 Å². The monoisotopic (exact) mass is 719 g/mol. The Balaban J connectivity index is 1.03. The van der Waals surface area contributed by atoms with Crippen LogP contribution in [-0.2, 0) is 0 Å². The zero-order valence-electron chi connectivity index (χ0n) is 29.8. The number of thiophene rings is 1. The van der Waals surface area contributed by atoms with Gasteiger partial charge in [0.05, 0.1) is 11.0 Å². The lowest BCUT2D eigenvalue weighted by Crippen LogP contribution is -2.10. The first-order valence-corrected chi connectivity index (χ1v) is 19.4. The van der Waals surface area contributed by atoms with E-state index in [4.69, 9.17) is 0 Å². The second-order valence-electron chi connectivity index (χ2n) is 14.0. The number of pyridine rings is 1. The number of fused-ring (bicyclic) bond motifs is 8. The Morgan fingerprint density at radius 2 is 1.04 bits per heavy atom. The fourth-order valence-corrected chi connectivity index (χ4v) is 9.50. The van der Waals surface area contributed by atoms with Crippen molar-refractivity contribution in [1.29, 1.82) is 0 Å². The van der Waals surface area contributed by atoms with Gasteiger partial charge in [0.1, 0.15) is 0 Å². The lowest BCUT2D eigenvalue weighted by atomic mass is 10.0. The number of benzene rings is 8. The molecule has 0 saturated heterocycles. The van der Waals surface area contributed by atoms with E-state index in [-0.39, 0.29) is 0 Å². The van der Waals surface area contributed by atoms with Gasteiger partial charge in [0.2, 0.25) is 0 Å². The van der Waals surface area contributed by atoms with Gasteiger partial charge in [-0.25, -0.2) is 0 Å². The highest BCUT2D eigenvalue weighted by Gasteiger charge is 2.18. The van der Waals surface area contributed by atoms with Crippen molar-refractivity contribution in [2.24, 2.45) is 0 Å². The summed E-state index contributed by atoms with van der Waals surface area (Å²) in [5.41, 5.74) is 11.7. The van der Waals surface area contributed by atoms with E-state index < -0.39 is 0 Å². The summed E-state index contributed by atoms with van der Waals surface area (Å²) in [6.45, 7) is 0. The molecular weight excluding hydrogens is 687 g/mol. The zero-order valence-corrected chi connectivity index (χ0v) is 30.6. The molecule has 0 unspecified atom stereocenters. The minimum absolute atomic E-state index is 1.10. The second kappa shape index (κ2) is 12.8. The summed E-state index contributed by atoms with van der Waals surface area (Å²) in [6, 6.07) is 68.2. The van der Waals surface area contributed by atoms with Crippen molar-refractivity contribution in [2.45, 2.75) is 0 Å². The molecule has 11 aromatic rings. The number of hydrogen-bond acceptors (Lipinski definition) is 3. The van der Waals surface area contributed by atoms with Crippen molar-refractivity contribution in [3.8, 4) is 27.9 Å². The molecule has 3 nitrogen and oxygen atoms in total. The minimum Gasteiger partial charge on any atom is -0.310 e. The molecule has 0 atom stereocenters. The summed E-state index contributed by atoms with van der Waals surface area (Å²) in [6.07, 6.45) is 3.84. The fraction of sp³-hybridized carbons (Fsp3) is 0. The topological polar surface area (TPSA) is 21.1 Å². The summed E-state index contributed by atoms with van der Waals surface area (Å²) in [4.78, 5) is 6.72. The van der Waals surface area contributed by atoms with Crippen LogP contribution in [0.25, 0.3) is 80.7 Å². The Kier molecular flexibility index (Phi) is 7.35. The van der Waals surface area contributed by atoms with Crippen LogP contribution in [-0.4, -0.2) is 9.55 Å². The third kappa shape index (κ3) is 5.30. The van der Waals surface area contributed by atoms with E-state index in [1.807, 2.05) is 23.7 Å². The SMILES string of the molecule is c1ccc(-c2ccc(N(c3ccc(-c4ccc5c(c4)sc4c6ccncc6ccc54)cc3)c3ccc4c(c3)c3ccccc3n4-c3ccccc3)cc2)cc1. The molecule has 4 heteroatoms. The molecule has 0 bridgehead atoms. The number of para-hydroxylation sites is 2. The van der Waals surface area contributed by atoms with Gasteiger partial charge in [-0.15, -0.1) is 11.3 Å². The zero-order chi connectivity index (χ0) is 36.3. The van der Waals surface area contributed by atoms with Gasteiger partial charge in [-0.3, -0.25) is 4.98 Å². The maximum atomic E-state index is 4.34. The highest BCUT2D eigenvalue weighted by Crippen LogP contribution is 2.43. The van der Waals surface area contributed by atoms with Gasteiger partial charge in [0, 0.05) is 76.9 Å². The van der Waals surface area contributed by atoms with Crippen LogP contribution >= 0.6 is 11.3 Å². The van der Waals surface area contributed by atoms with Crippen LogP contribution in [0.5, 0.6) is 0 Å². The fourth-order valence-electron chi connectivity index (χ4n) is 8.22. The van der Waals surface area contributed by atoms with E-state index in [1.54, 1.807) is 0 Å². The van der Waals surface area contributed by atoms with E-state index in [0.29, 0.717) is 0 Å². The van der Waals surface area contributed by atoms with Crippen molar-refractivity contribution in [2.75, 3.05) is 4.90 Å². The number of anilines is 3. The van der Waals surface area contributed by atoms with Crippen molar-refractivity contribution < 1.29 is 0 Å². The van der Waals surface area contributed by atoms with Crippen LogP contribution in [0.2, 0.25) is 0 Å². The van der Waals surface area contributed by atoms with E-state index in [0.717, 1.165) is 22.7 Å². The maximum absolute atomic E-state index is 4.34. The number of hydrogen-bond donors (Lipinski definition) is 0. The van der Waals surface area contributed by atoms with Gasteiger partial charge in [-0.1, -0.05) is 115 Å². The highest BCUT2D eigenvalue weighted by molar-refractivity contribution is 7.26. The Bertz CT molecular complexity index is 3180. The van der Waals surface area contributed by atoms with Crippen LogP contribution in [0.3, 0.4) is 0 Å². The first kappa shape index (κ1) is 31.5. The third-order valence-corrected chi connectivity index (χ3v) is 12.1. The molecule has 258 valence electrons. The van der Waals surface area contributed by atoms with Crippen molar-refractivity contribution in [1.82, 2.24) is 9.55 Å². The van der Waals surface area contributed by atoms with Gasteiger partial charge in [0.15, 0.2) is 0 Å². The van der Waals surface area contributed by atoms with Gasteiger partial charge in [-0.05, 0) is 95.1 Å². The summed E-state index contributed by atoms with van der Waals surface area (Å²) in [5, 5.41) is 7.50. The van der Waals surface area contributed by atoms with E-state index in [9.17, 15) is 0 Å². The van der Waals surface area contributed by atoms with Crippen LogP contribution in [0.15, 0.2) is 200 Å². The lowest BCUT2D eigenvalue weighted by molar-refractivity contribution is 1.18. The van der Waals surface area contributed by atoms with E-state index in [1.165, 1.54) is 75.0 Å². The summed E-state index contributed by atoms with van der Waals surface area (Å²) >= 11 is 1.87. The maximum Gasteiger partial charge on any atom is 0.0542 e. The molecule has 11 rings (SSSR count). The third-order valence-electron chi connectivity index (χ3n) is 10.9. The summed E-state index contributed by atoms with van der Waals surface area (Å²) in [5.74, 6) is 0. The van der Waals surface area contributed by atoms with Crippen molar-refractivity contribution in [3.05, 3.63) is 200 Å². The smallest absolute Gasteiger partial charge is 0.0542 e. The molecule has 0 aliphatic rings. The molecule has 55 heavy (non-hydrogen) atoms. The number of nitrogens with zero attached hydrogens (tertiary/aromatic N) is 3. The summed E-state index contributed by atoms with van der Waals surface area (Å²) in [7, 11) is 0. The molecule has 0 spiro atoms. The predicted molar refractivity (Wildman–Crippen MR) is 235 cm³/mol. The molecule has 0 saturated carbocycles. The quantitative estimate of drug-likeness (QED) is 0.171. The molecule has 0 aliphatic heterocycles. The van der Waals surface area contributed by atoms with Crippen molar-refractivity contribution >= 4 is 81.1 Å². The molecule has 0 radical (unpaired) electrons. The van der Waals surface area contributed by atoms with Gasteiger partial charge < -0.3 is 9.47 Å². The molecular formula is C51H33N3S. The Morgan fingerprint density at radius 3 is 1.82 bits per heavy atom. The Labute approximate surface area is 322 Å². The van der Waals surface area contributed by atoms with Crippen molar-refractivity contribution in [3.63, 3.8) is 0 Å². The number of rotatable bonds is 6. The normalized spacial score (nSPS) is 11.6. The molecule has 0 fully saturated rings. The van der Waals surface area contributed by atoms with Gasteiger partial charge >= 0.3 is 0 Å². The standard InChI is InChI=1S/C51H33N3S/c1-3-9-34(10-4-1)35-15-21-40(22-16-35)53(42-25-28-49-47(32-42)44-13-7-8-14-48(44)54(49)39-11-5-2-6-12-39)41-23-17-36(18-24-41)37-19-26-45-46-27-20-38-33-52-30-29-43(38)51(46)55-50(45)31-37/h1-33H. The predicted octanol–water partition coefficient (Wildman–Crippen LogP) is 14.5. The second-order valence-corrected chi connectivity index (χ2v) is 15.1. The Hall–Kier alpha value is -7.01.